The Morgan fingerprint density at radius 2 is 1.09 bits per heavy atom. The van der Waals surface area contributed by atoms with Gasteiger partial charge < -0.3 is 82.7 Å². The minimum atomic E-state index is -2.17. The van der Waals surface area contributed by atoms with Gasteiger partial charge in [-0.2, -0.15) is 0 Å². The maximum absolute atomic E-state index is 13.0. The SMILES string of the molecule is O=C1[C@@H]2OC3(CCCC3)O[C@@H]2CO[C@]12COC1(CCCC1)O2.OC[C@@]1(O)OC[C@@H](O)[C@@H](O)[C@@H]1O.O[C@H]1[C@@H]2OC3(CCCC3)O[C@@H]2CO[C@]12COC1(CCCC1)O2. The first-order valence-electron chi connectivity index (χ1n) is 20.7. The van der Waals surface area contributed by atoms with Crippen molar-refractivity contribution in [3.8, 4) is 0 Å². The summed E-state index contributed by atoms with van der Waals surface area (Å²) in [5.74, 6) is -6.93. The summed E-state index contributed by atoms with van der Waals surface area (Å²) in [7, 11) is 0. The van der Waals surface area contributed by atoms with E-state index in [-0.39, 0.29) is 43.9 Å². The fourth-order valence-corrected chi connectivity index (χ4v) is 10.4. The minimum Gasteiger partial charge on any atom is -0.391 e. The van der Waals surface area contributed by atoms with Gasteiger partial charge in [-0.15, -0.1) is 0 Å². The summed E-state index contributed by atoms with van der Waals surface area (Å²) in [6, 6.07) is 0. The number of ether oxygens (including phenoxy) is 11. The summed E-state index contributed by atoms with van der Waals surface area (Å²) in [6.45, 7) is 0.00685. The van der Waals surface area contributed by atoms with Crippen LogP contribution in [0.2, 0.25) is 0 Å². The fraction of sp³-hybridized carbons (Fsp3) is 0.974. The molecule has 6 N–H and O–H groups in total. The molecule has 0 bridgehead atoms. The highest BCUT2D eigenvalue weighted by Gasteiger charge is 2.67. The normalized spacial score (nSPS) is 47.5. The maximum atomic E-state index is 13.0. The van der Waals surface area contributed by atoms with Gasteiger partial charge in [-0.25, -0.2) is 0 Å². The lowest BCUT2D eigenvalue weighted by Crippen LogP contribution is -2.62. The Hall–Kier alpha value is -1.01. The van der Waals surface area contributed by atoms with Gasteiger partial charge in [0.15, 0.2) is 29.3 Å². The minimum absolute atomic E-state index is 0.156. The number of rotatable bonds is 1. The lowest BCUT2D eigenvalue weighted by molar-refractivity contribution is -0.331. The van der Waals surface area contributed by atoms with Crippen LogP contribution in [0.25, 0.3) is 0 Å². The van der Waals surface area contributed by atoms with Crippen LogP contribution in [0.15, 0.2) is 0 Å². The molecule has 0 amide bonds. The predicted octanol–water partition coefficient (Wildman–Crippen LogP) is -0.121. The second kappa shape index (κ2) is 14.9. The molecule has 0 radical (unpaired) electrons. The fourth-order valence-electron chi connectivity index (χ4n) is 10.4. The Morgan fingerprint density at radius 1 is 0.554 bits per heavy atom. The largest absolute Gasteiger partial charge is 0.391 e. The van der Waals surface area contributed by atoms with E-state index >= 15 is 0 Å². The first kappa shape index (κ1) is 40.4. The van der Waals surface area contributed by atoms with Gasteiger partial charge in [0, 0.05) is 51.4 Å². The van der Waals surface area contributed by atoms with Gasteiger partial charge in [0.2, 0.25) is 17.4 Å². The molecule has 11 fully saturated rings. The van der Waals surface area contributed by atoms with Crippen molar-refractivity contribution in [3.05, 3.63) is 0 Å². The van der Waals surface area contributed by atoms with Crippen molar-refractivity contribution in [1.82, 2.24) is 0 Å². The van der Waals surface area contributed by atoms with Crippen LogP contribution in [0.3, 0.4) is 0 Å². The number of carbonyl (C=O) groups is 1. The summed E-state index contributed by atoms with van der Waals surface area (Å²) in [5, 5.41) is 55.9. The molecule has 0 unspecified atom stereocenters. The summed E-state index contributed by atoms with van der Waals surface area (Å²) < 4.78 is 64.8. The number of aliphatic hydroxyl groups is 6. The van der Waals surface area contributed by atoms with E-state index in [2.05, 4.69) is 4.74 Å². The highest BCUT2D eigenvalue weighted by molar-refractivity contribution is 5.92. The van der Waals surface area contributed by atoms with Crippen molar-refractivity contribution in [2.75, 3.05) is 39.6 Å². The summed E-state index contributed by atoms with van der Waals surface area (Å²) in [6.07, 6.45) is 8.90. The molecular formula is C38H58O18. The van der Waals surface area contributed by atoms with Crippen LogP contribution in [0.5, 0.6) is 0 Å². The highest BCUT2D eigenvalue weighted by Crippen LogP contribution is 2.52. The zero-order chi connectivity index (χ0) is 39.0. The van der Waals surface area contributed by atoms with E-state index < -0.39 is 77.6 Å². The average molecular weight is 803 g/mol. The second-order valence-electron chi connectivity index (χ2n) is 17.5. The average Bonchev–Trinajstić information content (AvgIpc) is 4.07. The Bertz CT molecular complexity index is 1400. The van der Waals surface area contributed by atoms with E-state index in [9.17, 15) is 15.0 Å². The smallest absolute Gasteiger partial charge is 0.258 e. The topological polar surface area (TPSA) is 240 Å². The number of carbonyl (C=O) groups excluding carboxylic acids is 1. The molecule has 11 aliphatic rings. The number of fused-ring (bicyclic) bond motifs is 2. The molecule has 11 atom stereocenters. The van der Waals surface area contributed by atoms with Crippen molar-refractivity contribution < 1.29 is 87.5 Å². The first-order chi connectivity index (χ1) is 26.8. The van der Waals surface area contributed by atoms with Gasteiger partial charge in [0.25, 0.3) is 5.79 Å². The van der Waals surface area contributed by atoms with E-state index in [1.165, 1.54) is 0 Å². The summed E-state index contributed by atoms with van der Waals surface area (Å²) in [4.78, 5) is 13.0. The molecule has 18 nitrogen and oxygen atoms in total. The third kappa shape index (κ3) is 6.91. The zero-order valence-corrected chi connectivity index (χ0v) is 31.8. The van der Waals surface area contributed by atoms with Gasteiger partial charge >= 0.3 is 0 Å². The van der Waals surface area contributed by atoms with E-state index in [0.717, 1.165) is 103 Å². The lowest BCUT2D eigenvalue weighted by Gasteiger charge is -2.41. The number of hydrogen-bond acceptors (Lipinski definition) is 18. The molecule has 7 aliphatic heterocycles. The first-order valence-corrected chi connectivity index (χ1v) is 20.7. The maximum Gasteiger partial charge on any atom is 0.258 e. The molecule has 7 saturated heterocycles. The molecule has 56 heavy (non-hydrogen) atoms. The second-order valence-corrected chi connectivity index (χ2v) is 17.5. The molecule has 318 valence electrons. The third-order valence-electron chi connectivity index (χ3n) is 13.6. The standard InChI is InChI=1S/C16H24O6.C16H22O6.C6H12O6/c2*17-13-12-11(20-15(21-12)7-3-4-8-15)9-18-16(13)10-19-14(22-16)5-1-2-6-14;7-2-6(11)5(10)4(9)3(8)1-12-6/h11-13,17H,1-10H2;11-12H,1-10H2;3-5,7-11H,1-2H2/t11-,12-,13+,16+;11-,12-,16+;3-,4-,5+,6-/m111/s1. The van der Waals surface area contributed by atoms with Crippen molar-refractivity contribution in [3.63, 3.8) is 0 Å². The van der Waals surface area contributed by atoms with Crippen LogP contribution in [0, 0.1) is 0 Å². The Morgan fingerprint density at radius 3 is 1.71 bits per heavy atom. The van der Waals surface area contributed by atoms with E-state index in [1.54, 1.807) is 0 Å². The number of Topliss-reactive ketones (excluding diaryl/α,β-unsaturated/α-hetero) is 1. The van der Waals surface area contributed by atoms with Gasteiger partial charge in [-0.3, -0.25) is 4.79 Å². The molecule has 0 aromatic heterocycles. The lowest BCUT2D eigenvalue weighted by atomic mass is 9.97. The monoisotopic (exact) mass is 802 g/mol. The van der Waals surface area contributed by atoms with Gasteiger partial charge in [-0.05, 0) is 51.4 Å². The predicted molar refractivity (Wildman–Crippen MR) is 183 cm³/mol. The van der Waals surface area contributed by atoms with Crippen molar-refractivity contribution in [1.29, 1.82) is 0 Å². The van der Waals surface area contributed by atoms with Crippen molar-refractivity contribution >= 4 is 5.78 Å². The molecular weight excluding hydrogens is 744 g/mol. The van der Waals surface area contributed by atoms with Gasteiger partial charge in [0.1, 0.15) is 55.9 Å². The van der Waals surface area contributed by atoms with E-state index in [0.29, 0.717) is 13.2 Å². The zero-order valence-electron chi connectivity index (χ0n) is 31.8. The van der Waals surface area contributed by atoms with Gasteiger partial charge in [0.05, 0.1) is 26.4 Å². The Labute approximate surface area is 324 Å². The molecule has 6 spiro atoms. The van der Waals surface area contributed by atoms with Crippen molar-refractivity contribution in [2.24, 2.45) is 0 Å². The number of ketones is 1. The van der Waals surface area contributed by atoms with Crippen LogP contribution in [-0.4, -0.2) is 165 Å². The van der Waals surface area contributed by atoms with E-state index in [1.807, 2.05) is 0 Å². The molecule has 11 rings (SSSR count). The number of aliphatic hydroxyl groups excluding tert-OH is 5. The Balaban J connectivity index is 0.000000115. The van der Waals surface area contributed by atoms with Crippen LogP contribution in [0.1, 0.15) is 103 Å². The molecule has 18 heteroatoms. The molecule has 4 aliphatic carbocycles. The van der Waals surface area contributed by atoms with Crippen LogP contribution in [-0.2, 0) is 56.9 Å². The van der Waals surface area contributed by atoms with Crippen LogP contribution >= 0.6 is 0 Å². The van der Waals surface area contributed by atoms with Crippen molar-refractivity contribution in [2.45, 2.75) is 192 Å². The molecule has 4 saturated carbocycles. The summed E-state index contributed by atoms with van der Waals surface area (Å²) >= 11 is 0. The Kier molecular flexibility index (Phi) is 10.7. The third-order valence-corrected chi connectivity index (χ3v) is 13.6. The van der Waals surface area contributed by atoms with Crippen LogP contribution in [0.4, 0.5) is 0 Å². The molecule has 0 aromatic carbocycles. The summed E-state index contributed by atoms with van der Waals surface area (Å²) in [5.41, 5.74) is 0. The van der Waals surface area contributed by atoms with Crippen LogP contribution < -0.4 is 0 Å². The van der Waals surface area contributed by atoms with E-state index in [4.69, 9.17) is 67.8 Å². The van der Waals surface area contributed by atoms with Gasteiger partial charge in [-0.1, -0.05) is 0 Å². The highest BCUT2D eigenvalue weighted by atomic mass is 16.9. The number of hydrogen-bond donors (Lipinski definition) is 6. The molecule has 0 aromatic rings. The quantitative estimate of drug-likeness (QED) is 0.203. The molecule has 7 heterocycles.